The summed E-state index contributed by atoms with van der Waals surface area (Å²) in [6, 6.07) is 7.46. The lowest BCUT2D eigenvalue weighted by Crippen LogP contribution is -2.06. The number of benzene rings is 1. The molecule has 0 aliphatic heterocycles. The van der Waals surface area contributed by atoms with Crippen molar-refractivity contribution >= 4 is 39.4 Å². The lowest BCUT2D eigenvalue weighted by Gasteiger charge is -2.08. The van der Waals surface area contributed by atoms with E-state index in [1.54, 1.807) is 13.1 Å². The third-order valence-electron chi connectivity index (χ3n) is 3.05. The first-order valence-electron chi connectivity index (χ1n) is 6.21. The van der Waals surface area contributed by atoms with Crippen LogP contribution in [0.1, 0.15) is 17.3 Å². The Morgan fingerprint density at radius 1 is 1.25 bits per heavy atom. The molecule has 3 rings (SSSR count). The predicted octanol–water partition coefficient (Wildman–Crippen LogP) is 3.61. The summed E-state index contributed by atoms with van der Waals surface area (Å²) in [5, 5.41) is 1.99. The van der Waals surface area contributed by atoms with Crippen LogP contribution in [0.2, 0.25) is 5.02 Å². The zero-order valence-corrected chi connectivity index (χ0v) is 11.5. The number of ether oxygens (including phenoxy) is 1. The molecule has 0 unspecified atom stereocenters. The second-order valence-electron chi connectivity index (χ2n) is 4.24. The van der Waals surface area contributed by atoms with Crippen LogP contribution >= 0.6 is 11.6 Å². The van der Waals surface area contributed by atoms with Crippen molar-refractivity contribution in [2.24, 2.45) is 0 Å². The summed E-state index contributed by atoms with van der Waals surface area (Å²) in [7, 11) is 0. The molecule has 0 N–H and O–H groups in total. The summed E-state index contributed by atoms with van der Waals surface area (Å²) < 4.78 is 4.97. The van der Waals surface area contributed by atoms with E-state index in [2.05, 4.69) is 9.97 Å². The second kappa shape index (κ2) is 5.06. The third kappa shape index (κ3) is 1.98. The van der Waals surface area contributed by atoms with Crippen LogP contribution in [0, 0.1) is 0 Å². The number of hydrogen-bond donors (Lipinski definition) is 0. The number of hydrogen-bond acceptors (Lipinski definition) is 4. The number of carbonyl (C=O) groups excluding carboxylic acids is 1. The van der Waals surface area contributed by atoms with E-state index in [0.29, 0.717) is 11.6 Å². The highest BCUT2D eigenvalue weighted by atomic mass is 35.5. The second-order valence-corrected chi connectivity index (χ2v) is 4.62. The Labute approximate surface area is 120 Å². The fourth-order valence-electron chi connectivity index (χ4n) is 2.14. The van der Waals surface area contributed by atoms with Gasteiger partial charge in [-0.05, 0) is 31.2 Å². The lowest BCUT2D eigenvalue weighted by molar-refractivity contribution is 0.0526. The SMILES string of the molecule is CCOC(=O)c1cnc2c(ccc3ncccc32)c1Cl. The van der Waals surface area contributed by atoms with Gasteiger partial charge >= 0.3 is 5.97 Å². The Morgan fingerprint density at radius 3 is 2.90 bits per heavy atom. The zero-order chi connectivity index (χ0) is 14.1. The van der Waals surface area contributed by atoms with Gasteiger partial charge in [-0.2, -0.15) is 0 Å². The van der Waals surface area contributed by atoms with Gasteiger partial charge in [0.05, 0.1) is 28.2 Å². The van der Waals surface area contributed by atoms with Gasteiger partial charge in [-0.15, -0.1) is 0 Å². The van der Waals surface area contributed by atoms with Gasteiger partial charge in [0.15, 0.2) is 0 Å². The minimum atomic E-state index is -0.460. The molecule has 0 fully saturated rings. The maximum Gasteiger partial charge on any atom is 0.341 e. The van der Waals surface area contributed by atoms with Crippen LogP contribution in [-0.2, 0) is 4.74 Å². The highest BCUT2D eigenvalue weighted by Crippen LogP contribution is 2.30. The molecule has 1 aromatic carbocycles. The summed E-state index contributed by atoms with van der Waals surface area (Å²) in [6.07, 6.45) is 3.18. The van der Waals surface area contributed by atoms with Gasteiger partial charge in [-0.3, -0.25) is 9.97 Å². The van der Waals surface area contributed by atoms with Crippen molar-refractivity contribution in [3.8, 4) is 0 Å². The molecule has 3 aromatic rings. The highest BCUT2D eigenvalue weighted by Gasteiger charge is 2.16. The summed E-state index contributed by atoms with van der Waals surface area (Å²) >= 11 is 6.31. The molecule has 2 heterocycles. The highest BCUT2D eigenvalue weighted by molar-refractivity contribution is 6.38. The minimum Gasteiger partial charge on any atom is -0.462 e. The summed E-state index contributed by atoms with van der Waals surface area (Å²) in [5.41, 5.74) is 1.85. The van der Waals surface area contributed by atoms with E-state index in [0.717, 1.165) is 21.8 Å². The van der Waals surface area contributed by atoms with E-state index in [9.17, 15) is 4.79 Å². The van der Waals surface area contributed by atoms with E-state index in [-0.39, 0.29) is 5.56 Å². The Hall–Kier alpha value is -2.20. The van der Waals surface area contributed by atoms with Crippen LogP contribution in [0.5, 0.6) is 0 Å². The normalized spacial score (nSPS) is 10.9. The molecule has 0 aliphatic carbocycles. The summed E-state index contributed by atoms with van der Waals surface area (Å²) in [4.78, 5) is 20.4. The third-order valence-corrected chi connectivity index (χ3v) is 3.45. The van der Waals surface area contributed by atoms with Crippen LogP contribution in [0.15, 0.2) is 36.7 Å². The van der Waals surface area contributed by atoms with E-state index in [4.69, 9.17) is 16.3 Å². The molecule has 0 saturated heterocycles. The average molecular weight is 287 g/mol. The van der Waals surface area contributed by atoms with Crippen molar-refractivity contribution in [2.75, 3.05) is 6.61 Å². The molecule has 5 heteroatoms. The van der Waals surface area contributed by atoms with Gasteiger partial charge in [-0.1, -0.05) is 11.6 Å². The molecule has 0 radical (unpaired) electrons. The number of pyridine rings is 2. The van der Waals surface area contributed by atoms with Crippen molar-refractivity contribution < 1.29 is 9.53 Å². The first kappa shape index (κ1) is 12.8. The van der Waals surface area contributed by atoms with Gasteiger partial charge in [0, 0.05) is 23.2 Å². The number of esters is 1. The average Bonchev–Trinajstić information content (AvgIpc) is 2.47. The summed E-state index contributed by atoms with van der Waals surface area (Å²) in [5.74, 6) is -0.460. The molecular weight excluding hydrogens is 276 g/mol. The number of fused-ring (bicyclic) bond motifs is 3. The van der Waals surface area contributed by atoms with E-state index in [1.807, 2.05) is 24.3 Å². The fourth-order valence-corrected chi connectivity index (χ4v) is 2.41. The fraction of sp³-hybridized carbons (Fsp3) is 0.133. The van der Waals surface area contributed by atoms with Crippen molar-refractivity contribution in [2.45, 2.75) is 6.92 Å². The number of carbonyl (C=O) groups is 1. The molecule has 0 atom stereocenters. The van der Waals surface area contributed by atoms with Gasteiger partial charge in [0.2, 0.25) is 0 Å². The van der Waals surface area contributed by atoms with E-state index >= 15 is 0 Å². The van der Waals surface area contributed by atoms with Gasteiger partial charge in [0.1, 0.15) is 0 Å². The Bertz CT molecular complexity index is 817. The molecule has 0 bridgehead atoms. The molecule has 0 saturated carbocycles. The topological polar surface area (TPSA) is 52.1 Å². The van der Waals surface area contributed by atoms with Gasteiger partial charge in [0.25, 0.3) is 0 Å². The molecule has 0 aliphatic rings. The predicted molar refractivity (Wildman–Crippen MR) is 78.0 cm³/mol. The minimum absolute atomic E-state index is 0.282. The lowest BCUT2D eigenvalue weighted by atomic mass is 10.1. The first-order chi connectivity index (χ1) is 9.72. The number of rotatable bonds is 2. The standard InChI is InChI=1S/C15H11ClN2O2/c1-2-20-15(19)11-8-18-14-9-4-3-7-17-12(9)6-5-10(14)13(11)16/h3-8H,2H2,1H3. The smallest absolute Gasteiger partial charge is 0.341 e. The molecular formula is C15H11ClN2O2. The van der Waals surface area contributed by atoms with Gasteiger partial charge in [-0.25, -0.2) is 4.79 Å². The Morgan fingerprint density at radius 2 is 2.10 bits per heavy atom. The number of nitrogens with zero attached hydrogens (tertiary/aromatic N) is 2. The Balaban J connectivity index is 2.28. The van der Waals surface area contributed by atoms with Crippen LogP contribution in [0.4, 0.5) is 0 Å². The quantitative estimate of drug-likeness (QED) is 0.533. The maximum absolute atomic E-state index is 11.8. The zero-order valence-electron chi connectivity index (χ0n) is 10.8. The maximum atomic E-state index is 11.8. The van der Waals surface area contributed by atoms with Crippen molar-refractivity contribution in [1.29, 1.82) is 0 Å². The largest absolute Gasteiger partial charge is 0.462 e. The molecule has 0 amide bonds. The molecule has 100 valence electrons. The van der Waals surface area contributed by atoms with Crippen molar-refractivity contribution in [1.82, 2.24) is 9.97 Å². The van der Waals surface area contributed by atoms with E-state index < -0.39 is 5.97 Å². The van der Waals surface area contributed by atoms with Crippen LogP contribution in [0.3, 0.4) is 0 Å². The molecule has 0 spiro atoms. The van der Waals surface area contributed by atoms with Crippen LogP contribution in [-0.4, -0.2) is 22.5 Å². The Kier molecular flexibility index (Phi) is 3.24. The van der Waals surface area contributed by atoms with Crippen LogP contribution < -0.4 is 0 Å². The molecule has 20 heavy (non-hydrogen) atoms. The van der Waals surface area contributed by atoms with Gasteiger partial charge < -0.3 is 4.74 Å². The number of aromatic nitrogens is 2. The number of halogens is 1. The van der Waals surface area contributed by atoms with Crippen LogP contribution in [0.25, 0.3) is 21.8 Å². The monoisotopic (exact) mass is 286 g/mol. The molecule has 4 nitrogen and oxygen atoms in total. The van der Waals surface area contributed by atoms with Crippen molar-refractivity contribution in [3.05, 3.63) is 47.2 Å². The summed E-state index contributed by atoms with van der Waals surface area (Å²) in [6.45, 7) is 2.05. The molecule has 2 aromatic heterocycles. The van der Waals surface area contributed by atoms with Crippen molar-refractivity contribution in [3.63, 3.8) is 0 Å². The first-order valence-corrected chi connectivity index (χ1v) is 6.59. The van der Waals surface area contributed by atoms with E-state index in [1.165, 1.54) is 6.20 Å².